The van der Waals surface area contributed by atoms with Crippen molar-refractivity contribution in [2.45, 2.75) is 24.3 Å². The molecule has 0 aliphatic rings. The topological polar surface area (TPSA) is 113 Å². The lowest BCUT2D eigenvalue weighted by Gasteiger charge is -2.19. The van der Waals surface area contributed by atoms with Gasteiger partial charge in [-0.15, -0.1) is 0 Å². The molecule has 0 aromatic heterocycles. The van der Waals surface area contributed by atoms with Gasteiger partial charge in [0.2, 0.25) is 10.0 Å². The van der Waals surface area contributed by atoms with Gasteiger partial charge < -0.3 is 14.9 Å². The fourth-order valence-electron chi connectivity index (χ4n) is 1.44. The van der Waals surface area contributed by atoms with E-state index >= 15 is 0 Å². The molecule has 8 heteroatoms. The minimum Gasteiger partial charge on any atom is -0.497 e. The summed E-state index contributed by atoms with van der Waals surface area (Å²) in [6.07, 6.45) is 0. The number of sulfonamides is 1. The van der Waals surface area contributed by atoms with Crippen LogP contribution in [0.2, 0.25) is 0 Å². The summed E-state index contributed by atoms with van der Waals surface area (Å²) in [5, 5.41) is 18.2. The van der Waals surface area contributed by atoms with Crippen LogP contribution < -0.4 is 9.46 Å². The second-order valence-electron chi connectivity index (χ2n) is 4.53. The van der Waals surface area contributed by atoms with Crippen molar-refractivity contribution in [3.63, 3.8) is 0 Å². The number of carboxylic acids is 1. The van der Waals surface area contributed by atoms with Crippen LogP contribution in [0.15, 0.2) is 23.1 Å². The number of benzene rings is 1. The molecular weight excluding hydrogens is 286 g/mol. The third-order valence-electron chi connectivity index (χ3n) is 2.74. The lowest BCUT2D eigenvalue weighted by Crippen LogP contribution is -2.46. The first-order valence-corrected chi connectivity index (χ1v) is 7.18. The minimum atomic E-state index is -3.91. The van der Waals surface area contributed by atoms with Crippen molar-refractivity contribution in [1.29, 1.82) is 0 Å². The van der Waals surface area contributed by atoms with E-state index in [1.807, 2.05) is 0 Å². The average Bonchev–Trinajstić information content (AvgIpc) is 2.36. The van der Waals surface area contributed by atoms with Gasteiger partial charge in [-0.05, 0) is 37.6 Å². The highest BCUT2D eigenvalue weighted by Gasteiger charge is 2.32. The van der Waals surface area contributed by atoms with Crippen LogP contribution in [-0.2, 0) is 14.8 Å². The second-order valence-corrected chi connectivity index (χ2v) is 6.27. The van der Waals surface area contributed by atoms with Crippen molar-refractivity contribution in [3.8, 4) is 5.75 Å². The standard InChI is InChI=1S/C12H17NO6S/c1-8-6-9(19-3)4-5-10(8)20(17,18)13-7-12(2,16)11(14)15/h4-6,13,16H,7H2,1-3H3,(H,14,15). The van der Waals surface area contributed by atoms with Crippen LogP contribution in [0.5, 0.6) is 5.75 Å². The van der Waals surface area contributed by atoms with Gasteiger partial charge >= 0.3 is 5.97 Å². The van der Waals surface area contributed by atoms with Crippen LogP contribution in [0.4, 0.5) is 0 Å². The highest BCUT2D eigenvalue weighted by atomic mass is 32.2. The molecule has 1 aromatic rings. The van der Waals surface area contributed by atoms with Crippen molar-refractivity contribution in [1.82, 2.24) is 4.72 Å². The molecule has 1 rings (SSSR count). The summed E-state index contributed by atoms with van der Waals surface area (Å²) in [6, 6.07) is 4.38. The first-order chi connectivity index (χ1) is 9.10. The quantitative estimate of drug-likeness (QED) is 0.688. The maximum atomic E-state index is 12.1. The zero-order chi connectivity index (χ0) is 15.6. The highest BCUT2D eigenvalue weighted by Crippen LogP contribution is 2.21. The molecule has 0 fully saturated rings. The van der Waals surface area contributed by atoms with Crippen molar-refractivity contribution in [2.24, 2.45) is 0 Å². The van der Waals surface area contributed by atoms with Gasteiger partial charge in [-0.25, -0.2) is 17.9 Å². The van der Waals surface area contributed by atoms with E-state index in [4.69, 9.17) is 9.84 Å². The number of aliphatic hydroxyl groups is 1. The van der Waals surface area contributed by atoms with Gasteiger partial charge in [-0.3, -0.25) is 0 Å². The van der Waals surface area contributed by atoms with Crippen LogP contribution in [0.3, 0.4) is 0 Å². The predicted molar refractivity (Wildman–Crippen MR) is 71.2 cm³/mol. The molecule has 0 amide bonds. The smallest absolute Gasteiger partial charge is 0.336 e. The van der Waals surface area contributed by atoms with E-state index in [1.54, 1.807) is 13.0 Å². The lowest BCUT2D eigenvalue weighted by molar-refractivity contribution is -0.155. The minimum absolute atomic E-state index is 0.000473. The Labute approximate surface area is 117 Å². The molecule has 0 saturated heterocycles. The van der Waals surface area contributed by atoms with Gasteiger partial charge in [0.1, 0.15) is 5.75 Å². The molecule has 3 N–H and O–H groups in total. The Kier molecular flexibility index (Phi) is 4.74. The van der Waals surface area contributed by atoms with Gasteiger partial charge in [-0.2, -0.15) is 0 Å². The van der Waals surface area contributed by atoms with E-state index in [0.29, 0.717) is 11.3 Å². The zero-order valence-electron chi connectivity index (χ0n) is 11.4. The Bertz CT molecular complexity index is 608. The highest BCUT2D eigenvalue weighted by molar-refractivity contribution is 7.89. The maximum Gasteiger partial charge on any atom is 0.336 e. The zero-order valence-corrected chi connectivity index (χ0v) is 12.2. The molecule has 0 aliphatic heterocycles. The number of aryl methyl sites for hydroxylation is 1. The van der Waals surface area contributed by atoms with Gasteiger partial charge in [0.05, 0.1) is 18.6 Å². The number of aliphatic carboxylic acids is 1. The number of hydrogen-bond donors (Lipinski definition) is 3. The largest absolute Gasteiger partial charge is 0.497 e. The van der Waals surface area contributed by atoms with Crippen molar-refractivity contribution < 1.29 is 28.2 Å². The molecule has 112 valence electrons. The summed E-state index contributed by atoms with van der Waals surface area (Å²) in [5.74, 6) is -0.995. The number of rotatable bonds is 6. The van der Waals surface area contributed by atoms with Crippen molar-refractivity contribution in [2.75, 3.05) is 13.7 Å². The Morgan fingerprint density at radius 1 is 1.45 bits per heavy atom. The number of ether oxygens (including phenoxy) is 1. The van der Waals surface area contributed by atoms with Crippen LogP contribution >= 0.6 is 0 Å². The van der Waals surface area contributed by atoms with E-state index in [0.717, 1.165) is 6.92 Å². The summed E-state index contributed by atoms with van der Waals surface area (Å²) in [5.41, 5.74) is -1.72. The Morgan fingerprint density at radius 3 is 2.50 bits per heavy atom. The molecule has 0 bridgehead atoms. The Morgan fingerprint density at radius 2 is 2.05 bits per heavy atom. The van der Waals surface area contributed by atoms with E-state index in [2.05, 4.69) is 4.72 Å². The third kappa shape index (κ3) is 3.69. The number of hydrogen-bond acceptors (Lipinski definition) is 5. The van der Waals surface area contributed by atoms with Gasteiger partial charge in [0.25, 0.3) is 0 Å². The molecule has 0 aliphatic carbocycles. The monoisotopic (exact) mass is 303 g/mol. The summed E-state index contributed by atoms with van der Waals surface area (Å²) in [4.78, 5) is 10.7. The molecule has 1 atom stereocenters. The Hall–Kier alpha value is -1.64. The molecule has 1 unspecified atom stereocenters. The molecule has 0 radical (unpaired) electrons. The molecule has 1 aromatic carbocycles. The normalized spacial score (nSPS) is 14.6. The predicted octanol–water partition coefficient (Wildman–Crippen LogP) is 0.118. The molecule has 20 heavy (non-hydrogen) atoms. The summed E-state index contributed by atoms with van der Waals surface area (Å²) in [7, 11) is -2.45. The van der Waals surface area contributed by atoms with Crippen LogP contribution in [0, 0.1) is 6.92 Å². The van der Waals surface area contributed by atoms with E-state index in [1.165, 1.54) is 19.2 Å². The molecule has 0 saturated carbocycles. The van der Waals surface area contributed by atoms with E-state index in [9.17, 15) is 18.3 Å². The Balaban J connectivity index is 2.98. The fourth-order valence-corrected chi connectivity index (χ4v) is 2.80. The SMILES string of the molecule is COc1ccc(S(=O)(=O)NCC(C)(O)C(=O)O)c(C)c1. The molecular formula is C12H17NO6S. The second kappa shape index (κ2) is 5.78. The average molecular weight is 303 g/mol. The van der Waals surface area contributed by atoms with E-state index in [-0.39, 0.29) is 4.90 Å². The van der Waals surface area contributed by atoms with Gasteiger partial charge in [0.15, 0.2) is 5.60 Å². The van der Waals surface area contributed by atoms with Crippen molar-refractivity contribution in [3.05, 3.63) is 23.8 Å². The summed E-state index contributed by atoms with van der Waals surface area (Å²) >= 11 is 0. The lowest BCUT2D eigenvalue weighted by atomic mass is 10.1. The van der Waals surface area contributed by atoms with Crippen LogP contribution in [0.1, 0.15) is 12.5 Å². The number of methoxy groups -OCH3 is 1. The van der Waals surface area contributed by atoms with Crippen LogP contribution in [0.25, 0.3) is 0 Å². The summed E-state index contributed by atoms with van der Waals surface area (Å²) in [6.45, 7) is 1.97. The maximum absolute atomic E-state index is 12.1. The third-order valence-corrected chi connectivity index (χ3v) is 4.30. The van der Waals surface area contributed by atoms with Gasteiger partial charge in [-0.1, -0.05) is 0 Å². The summed E-state index contributed by atoms with van der Waals surface area (Å²) < 4.78 is 31.2. The fraction of sp³-hybridized carbons (Fsp3) is 0.417. The first-order valence-electron chi connectivity index (χ1n) is 5.70. The molecule has 0 spiro atoms. The van der Waals surface area contributed by atoms with Crippen molar-refractivity contribution >= 4 is 16.0 Å². The molecule has 0 heterocycles. The van der Waals surface area contributed by atoms with Crippen LogP contribution in [-0.4, -0.2) is 43.9 Å². The first kappa shape index (κ1) is 16.4. The van der Waals surface area contributed by atoms with Gasteiger partial charge in [0, 0.05) is 0 Å². The number of carbonyl (C=O) groups is 1. The van der Waals surface area contributed by atoms with E-state index < -0.39 is 28.1 Å². The number of nitrogens with one attached hydrogen (secondary N) is 1. The molecule has 7 nitrogen and oxygen atoms in total. The number of carboxylic acid groups (broad SMARTS) is 1.